The summed E-state index contributed by atoms with van der Waals surface area (Å²) in [5, 5.41) is 24.5. The molecule has 2 unspecified atom stereocenters. The fourth-order valence-electron chi connectivity index (χ4n) is 4.16. The quantitative estimate of drug-likeness (QED) is 0.294. The maximum Gasteiger partial charge on any atom is 0.407 e. The van der Waals surface area contributed by atoms with E-state index in [0.29, 0.717) is 42.0 Å². The van der Waals surface area contributed by atoms with Crippen LogP contribution in [0.25, 0.3) is 11.0 Å². The number of aliphatic hydroxyl groups excluding tert-OH is 1. The van der Waals surface area contributed by atoms with Crippen LogP contribution in [0.15, 0.2) is 53.1 Å². The smallest absolute Gasteiger partial charge is 0.407 e. The number of aliphatic hydroxyl groups is 1. The average Bonchev–Trinajstić information content (AvgIpc) is 2.88. The molecule has 2 aromatic carbocycles. The van der Waals surface area contributed by atoms with Crippen LogP contribution in [0.4, 0.5) is 10.6 Å². The molecule has 2 atom stereocenters. The molecule has 0 bridgehead atoms. The standard InChI is InChI=1S/C25H28BrN5O5/c26-18-7-8-19-22(23(18)36-15-16-5-2-1-3-6-16)30-21(14-28-19)29-17-9-11-31(25(34)35)20(13-17)24(33)27-10-4-12-32/h1-3,5-8,14,17,20,32H,4,9-13,15H2,(H,27,33)(H,29,30)(H,34,35). The first-order chi connectivity index (χ1) is 17.5. The number of anilines is 1. The van der Waals surface area contributed by atoms with Gasteiger partial charge < -0.3 is 25.6 Å². The Labute approximate surface area is 216 Å². The molecule has 11 heteroatoms. The number of likely N-dealkylation sites (tertiary alicyclic amines) is 1. The van der Waals surface area contributed by atoms with E-state index in [-0.39, 0.29) is 38.1 Å². The molecule has 36 heavy (non-hydrogen) atoms. The fourth-order valence-corrected chi connectivity index (χ4v) is 4.59. The highest BCUT2D eigenvalue weighted by Crippen LogP contribution is 2.33. The molecular formula is C25H28BrN5O5. The summed E-state index contributed by atoms with van der Waals surface area (Å²) in [4.78, 5) is 34.8. The zero-order chi connectivity index (χ0) is 25.5. The highest BCUT2D eigenvalue weighted by Gasteiger charge is 2.36. The third kappa shape index (κ3) is 6.21. The SMILES string of the molecule is O=C(NCCCO)C1CC(Nc2cnc3ccc(Br)c(OCc4ccccc4)c3n2)CCN1C(=O)O. The van der Waals surface area contributed by atoms with Crippen molar-refractivity contribution >= 4 is 44.8 Å². The zero-order valence-electron chi connectivity index (χ0n) is 19.6. The van der Waals surface area contributed by atoms with Crippen LogP contribution >= 0.6 is 15.9 Å². The van der Waals surface area contributed by atoms with E-state index in [1.165, 1.54) is 0 Å². The van der Waals surface area contributed by atoms with Gasteiger partial charge in [0.1, 0.15) is 24.0 Å². The lowest BCUT2D eigenvalue weighted by atomic mass is 9.96. The minimum atomic E-state index is -1.13. The van der Waals surface area contributed by atoms with Crippen LogP contribution in [0.5, 0.6) is 5.75 Å². The van der Waals surface area contributed by atoms with Crippen molar-refractivity contribution in [2.75, 3.05) is 25.0 Å². The molecule has 2 heterocycles. The monoisotopic (exact) mass is 557 g/mol. The predicted octanol–water partition coefficient (Wildman–Crippen LogP) is 3.39. The number of hydrogen-bond donors (Lipinski definition) is 4. The van der Waals surface area contributed by atoms with Crippen molar-refractivity contribution in [3.05, 3.63) is 58.7 Å². The van der Waals surface area contributed by atoms with Gasteiger partial charge in [-0.25, -0.2) is 9.78 Å². The lowest BCUT2D eigenvalue weighted by molar-refractivity contribution is -0.127. The van der Waals surface area contributed by atoms with Crippen LogP contribution in [-0.2, 0) is 11.4 Å². The van der Waals surface area contributed by atoms with Crippen molar-refractivity contribution in [1.82, 2.24) is 20.2 Å². The number of aromatic nitrogens is 2. The summed E-state index contributed by atoms with van der Waals surface area (Å²) in [6.45, 7) is 0.821. The molecule has 0 spiro atoms. The number of ether oxygens (including phenoxy) is 1. The first-order valence-corrected chi connectivity index (χ1v) is 12.5. The normalized spacial score (nSPS) is 17.6. The van der Waals surface area contributed by atoms with E-state index < -0.39 is 12.1 Å². The van der Waals surface area contributed by atoms with Gasteiger partial charge in [0, 0.05) is 25.7 Å². The van der Waals surface area contributed by atoms with Gasteiger partial charge in [0.05, 0.1) is 16.2 Å². The summed E-state index contributed by atoms with van der Waals surface area (Å²) in [5.41, 5.74) is 2.29. The van der Waals surface area contributed by atoms with E-state index in [1.807, 2.05) is 42.5 Å². The topological polar surface area (TPSA) is 137 Å². The van der Waals surface area contributed by atoms with Gasteiger partial charge in [-0.2, -0.15) is 0 Å². The summed E-state index contributed by atoms with van der Waals surface area (Å²) >= 11 is 3.55. The number of carbonyl (C=O) groups is 2. The first-order valence-electron chi connectivity index (χ1n) is 11.7. The van der Waals surface area contributed by atoms with Crippen molar-refractivity contribution in [3.63, 3.8) is 0 Å². The number of amides is 2. The van der Waals surface area contributed by atoms with E-state index in [2.05, 4.69) is 31.5 Å². The second-order valence-corrected chi connectivity index (χ2v) is 9.35. The predicted molar refractivity (Wildman–Crippen MR) is 138 cm³/mol. The first kappa shape index (κ1) is 25.6. The maximum atomic E-state index is 12.7. The number of benzene rings is 2. The zero-order valence-corrected chi connectivity index (χ0v) is 21.1. The van der Waals surface area contributed by atoms with Gasteiger partial charge in [0.25, 0.3) is 0 Å². The molecule has 1 fully saturated rings. The van der Waals surface area contributed by atoms with Crippen LogP contribution < -0.4 is 15.4 Å². The highest BCUT2D eigenvalue weighted by molar-refractivity contribution is 9.10. The van der Waals surface area contributed by atoms with Crippen LogP contribution in [0.3, 0.4) is 0 Å². The maximum absolute atomic E-state index is 12.7. The van der Waals surface area contributed by atoms with E-state index >= 15 is 0 Å². The van der Waals surface area contributed by atoms with E-state index in [0.717, 1.165) is 14.9 Å². The van der Waals surface area contributed by atoms with Gasteiger partial charge in [0.2, 0.25) is 5.91 Å². The fraction of sp³-hybridized carbons (Fsp3) is 0.360. The second kappa shape index (κ2) is 12.0. The molecule has 1 saturated heterocycles. The molecule has 4 N–H and O–H groups in total. The number of hydrogen-bond acceptors (Lipinski definition) is 7. The summed E-state index contributed by atoms with van der Waals surface area (Å²) in [6.07, 6.45) is 1.70. The van der Waals surface area contributed by atoms with Gasteiger partial charge in [-0.1, -0.05) is 30.3 Å². The number of carboxylic acid groups (broad SMARTS) is 1. The summed E-state index contributed by atoms with van der Waals surface area (Å²) < 4.78 is 6.85. The Morgan fingerprint density at radius 1 is 1.19 bits per heavy atom. The highest BCUT2D eigenvalue weighted by atomic mass is 79.9. The molecule has 4 rings (SSSR count). The van der Waals surface area contributed by atoms with E-state index in [1.54, 1.807) is 6.20 Å². The number of rotatable bonds is 9. The van der Waals surface area contributed by atoms with Crippen molar-refractivity contribution in [2.24, 2.45) is 0 Å². The lowest BCUT2D eigenvalue weighted by Crippen LogP contribution is -2.55. The molecule has 190 valence electrons. The molecule has 2 amide bonds. The second-order valence-electron chi connectivity index (χ2n) is 8.50. The number of piperidine rings is 1. The Morgan fingerprint density at radius 3 is 2.75 bits per heavy atom. The summed E-state index contributed by atoms with van der Waals surface area (Å²) in [6, 6.07) is 12.5. The number of carbonyl (C=O) groups excluding carboxylic acids is 1. The van der Waals surface area contributed by atoms with Gasteiger partial charge in [-0.15, -0.1) is 0 Å². The van der Waals surface area contributed by atoms with Gasteiger partial charge in [-0.05, 0) is 52.9 Å². The Morgan fingerprint density at radius 2 is 2.00 bits per heavy atom. The minimum absolute atomic E-state index is 0.0500. The van der Waals surface area contributed by atoms with Crippen molar-refractivity contribution in [1.29, 1.82) is 0 Å². The molecule has 0 aliphatic carbocycles. The van der Waals surface area contributed by atoms with Crippen molar-refractivity contribution in [2.45, 2.75) is 38.0 Å². The largest absolute Gasteiger partial charge is 0.485 e. The van der Waals surface area contributed by atoms with Crippen molar-refractivity contribution in [3.8, 4) is 5.75 Å². The van der Waals surface area contributed by atoms with Gasteiger partial charge in [0.15, 0.2) is 5.75 Å². The molecule has 1 aliphatic heterocycles. The number of nitrogens with one attached hydrogen (secondary N) is 2. The third-order valence-corrected chi connectivity index (χ3v) is 6.61. The van der Waals surface area contributed by atoms with Crippen LogP contribution in [-0.4, -0.2) is 68.9 Å². The average molecular weight is 558 g/mol. The summed E-state index contributed by atoms with van der Waals surface area (Å²) in [5.74, 6) is 0.718. The Balaban J connectivity index is 1.50. The van der Waals surface area contributed by atoms with E-state index in [4.69, 9.17) is 14.8 Å². The molecule has 1 aliphatic rings. The van der Waals surface area contributed by atoms with Crippen LogP contribution in [0.2, 0.25) is 0 Å². The molecule has 0 radical (unpaired) electrons. The number of nitrogens with zero attached hydrogens (tertiary/aromatic N) is 3. The van der Waals surface area contributed by atoms with Crippen molar-refractivity contribution < 1.29 is 24.5 Å². The van der Waals surface area contributed by atoms with Crippen LogP contribution in [0.1, 0.15) is 24.8 Å². The molecular weight excluding hydrogens is 530 g/mol. The molecule has 3 aromatic rings. The number of fused-ring (bicyclic) bond motifs is 1. The number of halogens is 1. The van der Waals surface area contributed by atoms with Crippen LogP contribution in [0, 0.1) is 0 Å². The minimum Gasteiger partial charge on any atom is -0.485 e. The Kier molecular flexibility index (Phi) is 8.55. The summed E-state index contributed by atoms with van der Waals surface area (Å²) in [7, 11) is 0. The van der Waals surface area contributed by atoms with E-state index in [9.17, 15) is 14.7 Å². The van der Waals surface area contributed by atoms with Gasteiger partial charge in [-0.3, -0.25) is 14.7 Å². The Bertz CT molecular complexity index is 1210. The Hall–Kier alpha value is -3.44. The molecule has 0 saturated carbocycles. The molecule has 10 nitrogen and oxygen atoms in total. The lowest BCUT2D eigenvalue weighted by Gasteiger charge is -2.37. The molecule has 1 aromatic heterocycles. The third-order valence-electron chi connectivity index (χ3n) is 5.98. The van der Waals surface area contributed by atoms with Gasteiger partial charge >= 0.3 is 6.09 Å².